The molecule has 0 spiro atoms. The fourth-order valence-electron chi connectivity index (χ4n) is 1.92. The Morgan fingerprint density at radius 1 is 1.06 bits per heavy atom. The zero-order valence-corrected chi connectivity index (χ0v) is 11.6. The topological polar surface area (TPSA) is 64.9 Å². The van der Waals surface area contributed by atoms with E-state index in [1.165, 1.54) is 5.56 Å². The minimum absolute atomic E-state index is 0.0907. The lowest BCUT2D eigenvalue weighted by Crippen LogP contribution is -2.25. The summed E-state index contributed by atoms with van der Waals surface area (Å²) in [5.41, 5.74) is 14.2. The predicted molar refractivity (Wildman–Crippen MR) is 78.2 cm³/mol. The maximum Gasteiger partial charge on any atom is 0.123 e. The number of nitrogen functional groups attached to an aromatic ring is 1. The molecule has 0 radical (unpaired) electrons. The van der Waals surface area contributed by atoms with E-state index >= 15 is 0 Å². The first-order valence-corrected chi connectivity index (χ1v) is 6.63. The number of benzene rings is 1. The minimum atomic E-state index is 0.0907. The van der Waals surface area contributed by atoms with Gasteiger partial charge in [-0.05, 0) is 48.2 Å². The molecule has 0 fully saturated rings. The summed E-state index contributed by atoms with van der Waals surface area (Å²) in [5, 5.41) is 0. The van der Waals surface area contributed by atoms with Crippen molar-refractivity contribution in [3.63, 3.8) is 0 Å². The Balaban J connectivity index is 1.96. The van der Waals surface area contributed by atoms with E-state index in [2.05, 4.69) is 33.0 Å². The van der Waals surface area contributed by atoms with E-state index in [9.17, 15) is 0 Å². The fraction of sp³-hybridized carbons (Fsp3) is 0.214. The van der Waals surface area contributed by atoms with Gasteiger partial charge < -0.3 is 11.5 Å². The molecule has 0 saturated heterocycles. The molecule has 0 aliphatic heterocycles. The molecule has 0 amide bonds. The van der Waals surface area contributed by atoms with E-state index < -0.39 is 0 Å². The number of hydrogen-bond acceptors (Lipinski definition) is 3. The summed E-state index contributed by atoms with van der Waals surface area (Å²) in [4.78, 5) is 3.97. The standard InChI is InChI=1S/C14H16BrN3/c15-12-3-1-10(2-4-12)7-13(16)8-11-5-6-18-14(17)9-11/h1-6,9,13H,7-8,16H2,(H2,17,18). The molecule has 1 unspecified atom stereocenters. The second kappa shape index (κ2) is 5.98. The molecule has 2 rings (SSSR count). The Morgan fingerprint density at radius 2 is 1.72 bits per heavy atom. The highest BCUT2D eigenvalue weighted by atomic mass is 79.9. The Hall–Kier alpha value is -1.39. The van der Waals surface area contributed by atoms with E-state index in [1.807, 2.05) is 24.3 Å². The van der Waals surface area contributed by atoms with Gasteiger partial charge in [0, 0.05) is 16.7 Å². The molecule has 18 heavy (non-hydrogen) atoms. The van der Waals surface area contributed by atoms with Crippen molar-refractivity contribution in [3.8, 4) is 0 Å². The van der Waals surface area contributed by atoms with Gasteiger partial charge in [-0.1, -0.05) is 28.1 Å². The molecule has 0 aliphatic rings. The van der Waals surface area contributed by atoms with E-state index in [-0.39, 0.29) is 6.04 Å². The van der Waals surface area contributed by atoms with E-state index in [4.69, 9.17) is 11.5 Å². The van der Waals surface area contributed by atoms with E-state index in [1.54, 1.807) is 6.20 Å². The van der Waals surface area contributed by atoms with Crippen LogP contribution in [-0.2, 0) is 12.8 Å². The second-order valence-electron chi connectivity index (χ2n) is 4.38. The van der Waals surface area contributed by atoms with Gasteiger partial charge in [-0.25, -0.2) is 4.98 Å². The van der Waals surface area contributed by atoms with Crippen LogP contribution < -0.4 is 11.5 Å². The Bertz CT molecular complexity index is 511. The first-order valence-electron chi connectivity index (χ1n) is 5.84. The van der Waals surface area contributed by atoms with Crippen LogP contribution in [-0.4, -0.2) is 11.0 Å². The molecule has 94 valence electrons. The van der Waals surface area contributed by atoms with Gasteiger partial charge in [-0.2, -0.15) is 0 Å². The first-order chi connectivity index (χ1) is 8.63. The van der Waals surface area contributed by atoms with Gasteiger partial charge in [0.15, 0.2) is 0 Å². The number of hydrogen-bond donors (Lipinski definition) is 2. The highest BCUT2D eigenvalue weighted by Gasteiger charge is 2.06. The SMILES string of the molecule is Nc1cc(CC(N)Cc2ccc(Br)cc2)ccn1. The van der Waals surface area contributed by atoms with Crippen molar-refractivity contribution >= 4 is 21.7 Å². The average Bonchev–Trinajstić information content (AvgIpc) is 2.32. The van der Waals surface area contributed by atoms with Crippen LogP contribution >= 0.6 is 15.9 Å². The molecule has 0 aliphatic carbocycles. The number of aromatic nitrogens is 1. The molecule has 3 nitrogen and oxygen atoms in total. The zero-order valence-electron chi connectivity index (χ0n) is 10.0. The average molecular weight is 306 g/mol. The highest BCUT2D eigenvalue weighted by molar-refractivity contribution is 9.10. The Morgan fingerprint density at radius 3 is 2.39 bits per heavy atom. The third-order valence-corrected chi connectivity index (χ3v) is 3.28. The van der Waals surface area contributed by atoms with Gasteiger partial charge >= 0.3 is 0 Å². The van der Waals surface area contributed by atoms with Crippen LogP contribution in [0.4, 0.5) is 5.82 Å². The third kappa shape index (κ3) is 3.82. The molecular weight excluding hydrogens is 290 g/mol. The predicted octanol–water partition coefficient (Wildman–Crippen LogP) is 2.54. The monoisotopic (exact) mass is 305 g/mol. The van der Waals surface area contributed by atoms with Gasteiger partial charge in [0.1, 0.15) is 5.82 Å². The summed E-state index contributed by atoms with van der Waals surface area (Å²) in [6, 6.07) is 12.2. The summed E-state index contributed by atoms with van der Waals surface area (Å²) in [7, 11) is 0. The Labute approximate surface area is 115 Å². The maximum absolute atomic E-state index is 6.15. The third-order valence-electron chi connectivity index (χ3n) is 2.75. The molecular formula is C14H16BrN3. The Kier molecular flexibility index (Phi) is 4.33. The molecule has 1 heterocycles. The molecule has 2 aromatic rings. The molecule has 4 N–H and O–H groups in total. The lowest BCUT2D eigenvalue weighted by molar-refractivity contribution is 0.664. The van der Waals surface area contributed by atoms with Crippen LogP contribution in [0.5, 0.6) is 0 Å². The van der Waals surface area contributed by atoms with Gasteiger partial charge in [0.25, 0.3) is 0 Å². The summed E-state index contributed by atoms with van der Waals surface area (Å²) in [5.74, 6) is 0.545. The van der Waals surface area contributed by atoms with Crippen molar-refractivity contribution < 1.29 is 0 Å². The van der Waals surface area contributed by atoms with Crippen molar-refractivity contribution in [1.82, 2.24) is 4.98 Å². The van der Waals surface area contributed by atoms with Crippen LogP contribution in [0.3, 0.4) is 0 Å². The van der Waals surface area contributed by atoms with Gasteiger partial charge in [0.2, 0.25) is 0 Å². The van der Waals surface area contributed by atoms with E-state index in [0.717, 1.165) is 22.9 Å². The number of pyridine rings is 1. The summed E-state index contributed by atoms with van der Waals surface area (Å²) >= 11 is 3.42. The van der Waals surface area contributed by atoms with Gasteiger partial charge in [0.05, 0.1) is 0 Å². The van der Waals surface area contributed by atoms with Crippen molar-refractivity contribution in [3.05, 3.63) is 58.2 Å². The maximum atomic E-state index is 6.15. The van der Waals surface area contributed by atoms with Crippen LogP contribution in [0.1, 0.15) is 11.1 Å². The van der Waals surface area contributed by atoms with Crippen molar-refractivity contribution in [1.29, 1.82) is 0 Å². The summed E-state index contributed by atoms with van der Waals surface area (Å²) in [6.07, 6.45) is 3.38. The quantitative estimate of drug-likeness (QED) is 0.912. The molecule has 1 atom stereocenters. The van der Waals surface area contributed by atoms with E-state index in [0.29, 0.717) is 5.82 Å². The molecule has 0 bridgehead atoms. The number of halogens is 1. The number of anilines is 1. The van der Waals surface area contributed by atoms with Crippen molar-refractivity contribution in [2.45, 2.75) is 18.9 Å². The number of nitrogens with zero attached hydrogens (tertiary/aromatic N) is 1. The summed E-state index contributed by atoms with van der Waals surface area (Å²) < 4.78 is 1.08. The van der Waals surface area contributed by atoms with Gasteiger partial charge in [-0.15, -0.1) is 0 Å². The summed E-state index contributed by atoms with van der Waals surface area (Å²) in [6.45, 7) is 0. The smallest absolute Gasteiger partial charge is 0.123 e. The van der Waals surface area contributed by atoms with Crippen molar-refractivity contribution in [2.75, 3.05) is 5.73 Å². The largest absolute Gasteiger partial charge is 0.384 e. The fourth-order valence-corrected chi connectivity index (χ4v) is 2.18. The number of rotatable bonds is 4. The minimum Gasteiger partial charge on any atom is -0.384 e. The lowest BCUT2D eigenvalue weighted by atomic mass is 10.0. The van der Waals surface area contributed by atoms with Crippen LogP contribution in [0.2, 0.25) is 0 Å². The van der Waals surface area contributed by atoms with Crippen LogP contribution in [0.15, 0.2) is 47.1 Å². The molecule has 1 aromatic heterocycles. The van der Waals surface area contributed by atoms with Crippen molar-refractivity contribution in [2.24, 2.45) is 5.73 Å². The highest BCUT2D eigenvalue weighted by Crippen LogP contribution is 2.13. The van der Waals surface area contributed by atoms with Gasteiger partial charge in [-0.3, -0.25) is 0 Å². The molecule has 0 saturated carbocycles. The molecule has 1 aromatic carbocycles. The van der Waals surface area contributed by atoms with Crippen LogP contribution in [0, 0.1) is 0 Å². The second-order valence-corrected chi connectivity index (χ2v) is 5.30. The molecule has 4 heteroatoms. The van der Waals surface area contributed by atoms with Crippen LogP contribution in [0.25, 0.3) is 0 Å². The first kappa shape index (κ1) is 13.1. The zero-order chi connectivity index (χ0) is 13.0. The number of nitrogens with two attached hydrogens (primary N) is 2. The normalized spacial score (nSPS) is 12.3. The lowest BCUT2D eigenvalue weighted by Gasteiger charge is -2.12.